The van der Waals surface area contributed by atoms with Gasteiger partial charge >= 0.3 is 0 Å². The van der Waals surface area contributed by atoms with Crippen LogP contribution in [0.3, 0.4) is 0 Å². The fraction of sp³-hybridized carbons (Fsp3) is 1.00. The molecule has 0 spiro atoms. The van der Waals surface area contributed by atoms with Gasteiger partial charge in [0.15, 0.2) is 0 Å². The Morgan fingerprint density at radius 1 is 1.27 bits per heavy atom. The summed E-state index contributed by atoms with van der Waals surface area (Å²) < 4.78 is 0. The maximum Gasteiger partial charge on any atom is 0.0322 e. The van der Waals surface area contributed by atoms with E-state index in [2.05, 4.69) is 24.1 Å². The minimum atomic E-state index is 0.283. The maximum absolute atomic E-state index is 5.94. The van der Waals surface area contributed by atoms with Gasteiger partial charge in [-0.15, -0.1) is 11.6 Å². The van der Waals surface area contributed by atoms with E-state index < -0.39 is 0 Å². The zero-order valence-corrected chi connectivity index (χ0v) is 10.9. The molecule has 0 aromatic rings. The molecule has 2 nitrogen and oxygen atoms in total. The molecule has 0 aromatic carbocycles. The molecular formula is C12H25ClN2. The van der Waals surface area contributed by atoms with Gasteiger partial charge in [-0.1, -0.05) is 0 Å². The van der Waals surface area contributed by atoms with Crippen molar-refractivity contribution in [3.8, 4) is 0 Å². The number of hydrogen-bond donors (Lipinski definition) is 1. The highest BCUT2D eigenvalue weighted by Crippen LogP contribution is 2.07. The lowest BCUT2D eigenvalue weighted by atomic mass is 10.2. The summed E-state index contributed by atoms with van der Waals surface area (Å²) in [4.78, 5) is 2.57. The molecule has 3 heteroatoms. The smallest absolute Gasteiger partial charge is 0.0322 e. The van der Waals surface area contributed by atoms with Crippen LogP contribution in [0.5, 0.6) is 0 Å². The zero-order valence-electron chi connectivity index (χ0n) is 10.1. The molecule has 0 radical (unpaired) electrons. The summed E-state index contributed by atoms with van der Waals surface area (Å²) in [5.74, 6) is 0. The molecule has 1 rings (SSSR count). The van der Waals surface area contributed by atoms with Crippen molar-refractivity contribution in [2.75, 3.05) is 26.2 Å². The number of alkyl halides is 1. The van der Waals surface area contributed by atoms with Gasteiger partial charge in [0.2, 0.25) is 0 Å². The number of nitrogens with zero attached hydrogens (tertiary/aromatic N) is 1. The van der Waals surface area contributed by atoms with Crippen molar-refractivity contribution in [1.82, 2.24) is 10.2 Å². The molecule has 2 unspecified atom stereocenters. The summed E-state index contributed by atoms with van der Waals surface area (Å²) in [7, 11) is 0. The highest BCUT2D eigenvalue weighted by Gasteiger charge is 2.10. The number of nitrogens with one attached hydrogen (secondary N) is 1. The second-order valence-electron chi connectivity index (χ2n) is 4.77. The summed E-state index contributed by atoms with van der Waals surface area (Å²) in [5, 5.41) is 3.81. The lowest BCUT2D eigenvalue weighted by Crippen LogP contribution is -2.31. The van der Waals surface area contributed by atoms with E-state index in [1.165, 1.54) is 38.9 Å². The Morgan fingerprint density at radius 2 is 1.93 bits per heavy atom. The standard InChI is InChI=1S/C12H25ClN2/c1-11(13)10-12(2)14-6-5-9-15-7-3-4-8-15/h11-12,14H,3-10H2,1-2H3. The van der Waals surface area contributed by atoms with Gasteiger partial charge in [0.1, 0.15) is 0 Å². The van der Waals surface area contributed by atoms with Gasteiger partial charge in [-0.05, 0) is 65.7 Å². The van der Waals surface area contributed by atoms with Gasteiger partial charge in [0.25, 0.3) is 0 Å². The third kappa shape index (κ3) is 6.39. The quantitative estimate of drug-likeness (QED) is 0.536. The van der Waals surface area contributed by atoms with E-state index in [0.717, 1.165) is 13.0 Å². The first kappa shape index (κ1) is 13.3. The molecule has 1 aliphatic rings. The number of rotatable bonds is 7. The van der Waals surface area contributed by atoms with Crippen LogP contribution in [-0.4, -0.2) is 42.5 Å². The van der Waals surface area contributed by atoms with Crippen LogP contribution in [0.2, 0.25) is 0 Å². The van der Waals surface area contributed by atoms with Crippen LogP contribution in [0.1, 0.15) is 39.5 Å². The van der Waals surface area contributed by atoms with Crippen molar-refractivity contribution in [2.45, 2.75) is 50.9 Å². The van der Waals surface area contributed by atoms with E-state index in [9.17, 15) is 0 Å². The largest absolute Gasteiger partial charge is 0.314 e. The summed E-state index contributed by atoms with van der Waals surface area (Å²) in [6, 6.07) is 0.552. The van der Waals surface area contributed by atoms with Crippen LogP contribution < -0.4 is 5.32 Å². The average Bonchev–Trinajstić information content (AvgIpc) is 2.63. The van der Waals surface area contributed by atoms with E-state index in [4.69, 9.17) is 11.6 Å². The van der Waals surface area contributed by atoms with Crippen molar-refractivity contribution < 1.29 is 0 Å². The predicted octanol–water partition coefficient (Wildman–Crippen LogP) is 2.47. The SMILES string of the molecule is CC(Cl)CC(C)NCCCN1CCCC1. The second-order valence-corrected chi connectivity index (χ2v) is 5.52. The number of halogens is 1. The Labute approximate surface area is 99.4 Å². The lowest BCUT2D eigenvalue weighted by Gasteiger charge is -2.17. The monoisotopic (exact) mass is 232 g/mol. The summed E-state index contributed by atoms with van der Waals surface area (Å²) in [5.41, 5.74) is 0. The first-order valence-electron chi connectivity index (χ1n) is 6.28. The third-order valence-corrected chi connectivity index (χ3v) is 3.20. The van der Waals surface area contributed by atoms with E-state index >= 15 is 0 Å². The molecule has 2 atom stereocenters. The van der Waals surface area contributed by atoms with Gasteiger partial charge in [-0.25, -0.2) is 0 Å². The van der Waals surface area contributed by atoms with Crippen molar-refractivity contribution in [3.63, 3.8) is 0 Å². The lowest BCUT2D eigenvalue weighted by molar-refractivity contribution is 0.327. The van der Waals surface area contributed by atoms with E-state index in [-0.39, 0.29) is 5.38 Å². The van der Waals surface area contributed by atoms with Crippen LogP contribution >= 0.6 is 11.6 Å². The Bertz CT molecular complexity index is 156. The Balaban J connectivity index is 1.91. The molecule has 1 N–H and O–H groups in total. The molecule has 0 aliphatic carbocycles. The number of likely N-dealkylation sites (tertiary alicyclic amines) is 1. The van der Waals surface area contributed by atoms with E-state index in [0.29, 0.717) is 6.04 Å². The molecule has 0 bridgehead atoms. The van der Waals surface area contributed by atoms with Gasteiger partial charge in [0.05, 0.1) is 0 Å². The van der Waals surface area contributed by atoms with Gasteiger partial charge in [0, 0.05) is 11.4 Å². The molecule has 15 heavy (non-hydrogen) atoms. The van der Waals surface area contributed by atoms with E-state index in [1.54, 1.807) is 0 Å². The van der Waals surface area contributed by atoms with Gasteiger partial charge in [-0.3, -0.25) is 0 Å². The summed E-state index contributed by atoms with van der Waals surface area (Å²) >= 11 is 5.94. The fourth-order valence-corrected chi connectivity index (χ4v) is 2.50. The van der Waals surface area contributed by atoms with Crippen LogP contribution in [0.15, 0.2) is 0 Å². The van der Waals surface area contributed by atoms with Crippen molar-refractivity contribution in [2.24, 2.45) is 0 Å². The third-order valence-electron chi connectivity index (χ3n) is 3.02. The Hall–Kier alpha value is 0.210. The molecule has 0 amide bonds. The topological polar surface area (TPSA) is 15.3 Å². The molecule has 90 valence electrons. The van der Waals surface area contributed by atoms with Crippen LogP contribution in [-0.2, 0) is 0 Å². The minimum Gasteiger partial charge on any atom is -0.314 e. The van der Waals surface area contributed by atoms with Crippen molar-refractivity contribution >= 4 is 11.6 Å². The normalized spacial score (nSPS) is 21.8. The molecular weight excluding hydrogens is 208 g/mol. The summed E-state index contributed by atoms with van der Waals surface area (Å²) in [6.45, 7) is 9.29. The second kappa shape index (κ2) is 7.48. The molecule has 1 fully saturated rings. The van der Waals surface area contributed by atoms with Gasteiger partial charge in [-0.2, -0.15) is 0 Å². The Kier molecular flexibility index (Phi) is 6.62. The molecule has 0 saturated carbocycles. The maximum atomic E-state index is 5.94. The first-order chi connectivity index (χ1) is 7.18. The fourth-order valence-electron chi connectivity index (χ4n) is 2.23. The first-order valence-corrected chi connectivity index (χ1v) is 6.72. The van der Waals surface area contributed by atoms with Gasteiger partial charge < -0.3 is 10.2 Å². The Morgan fingerprint density at radius 3 is 2.53 bits per heavy atom. The molecule has 1 aliphatic heterocycles. The predicted molar refractivity (Wildman–Crippen MR) is 67.7 cm³/mol. The van der Waals surface area contributed by atoms with Crippen LogP contribution in [0, 0.1) is 0 Å². The van der Waals surface area contributed by atoms with Crippen molar-refractivity contribution in [3.05, 3.63) is 0 Å². The highest BCUT2D eigenvalue weighted by atomic mass is 35.5. The molecule has 1 heterocycles. The highest BCUT2D eigenvalue weighted by molar-refractivity contribution is 6.20. The summed E-state index contributed by atoms with van der Waals surface area (Å²) in [6.07, 6.45) is 5.12. The minimum absolute atomic E-state index is 0.283. The van der Waals surface area contributed by atoms with Crippen molar-refractivity contribution in [1.29, 1.82) is 0 Å². The molecule has 1 saturated heterocycles. The van der Waals surface area contributed by atoms with Crippen LogP contribution in [0.25, 0.3) is 0 Å². The number of hydrogen-bond acceptors (Lipinski definition) is 2. The van der Waals surface area contributed by atoms with Crippen LogP contribution in [0.4, 0.5) is 0 Å². The average molecular weight is 233 g/mol. The zero-order chi connectivity index (χ0) is 11.1. The van der Waals surface area contributed by atoms with E-state index in [1.807, 2.05) is 0 Å². The molecule has 0 aromatic heterocycles.